The van der Waals surface area contributed by atoms with Gasteiger partial charge in [-0.1, -0.05) is 31.5 Å². The Morgan fingerprint density at radius 2 is 1.95 bits per heavy atom. The molecule has 0 bridgehead atoms. The van der Waals surface area contributed by atoms with Crippen molar-refractivity contribution in [2.24, 2.45) is 11.8 Å². The van der Waals surface area contributed by atoms with Crippen LogP contribution in [0.2, 0.25) is 5.02 Å². The molecule has 1 spiro atoms. The summed E-state index contributed by atoms with van der Waals surface area (Å²) in [7, 11) is 0. The van der Waals surface area contributed by atoms with Gasteiger partial charge < -0.3 is 24.6 Å². The van der Waals surface area contributed by atoms with Gasteiger partial charge in [0, 0.05) is 28.2 Å². The fourth-order valence-corrected chi connectivity index (χ4v) is 8.69. The third-order valence-corrected chi connectivity index (χ3v) is 11.0. The number of halogens is 1. The summed E-state index contributed by atoms with van der Waals surface area (Å²) in [6.07, 6.45) is 9.78. The lowest BCUT2D eigenvalue weighted by molar-refractivity contribution is -0.144. The summed E-state index contributed by atoms with van der Waals surface area (Å²) < 4.78 is 18.1. The van der Waals surface area contributed by atoms with E-state index < -0.39 is 11.5 Å². The maximum Gasteiger partial charge on any atom is 0.329 e. The Kier molecular flexibility index (Phi) is 7.64. The Bertz CT molecular complexity index is 1570. The number of aryl methyl sites for hydroxylation is 1. The molecule has 1 aliphatic heterocycles. The fraction of sp³-hybridized carbons (Fsp3) is 0.500. The minimum Gasteiger partial charge on any atom is -0.493 e. The number of anilines is 1. The molecule has 0 amide bonds. The molecule has 8 heteroatoms. The van der Waals surface area contributed by atoms with E-state index in [2.05, 4.69) is 36.3 Å². The van der Waals surface area contributed by atoms with Crippen LogP contribution in [0.25, 0.3) is 0 Å². The smallest absolute Gasteiger partial charge is 0.329 e. The van der Waals surface area contributed by atoms with Crippen molar-refractivity contribution in [3.05, 3.63) is 76.1 Å². The second kappa shape index (κ2) is 11.5. The molecule has 232 valence electrons. The zero-order valence-corrected chi connectivity index (χ0v) is 26.3. The van der Waals surface area contributed by atoms with E-state index in [0.29, 0.717) is 42.2 Å². The third-order valence-electron chi connectivity index (χ3n) is 10.8. The Balaban J connectivity index is 1.13. The van der Waals surface area contributed by atoms with Gasteiger partial charge in [0.2, 0.25) is 6.79 Å². The van der Waals surface area contributed by atoms with Crippen LogP contribution in [0.4, 0.5) is 5.69 Å². The maximum absolute atomic E-state index is 12.8. The molecule has 7 nitrogen and oxygen atoms in total. The number of nitrogens with zero attached hydrogens (tertiary/aromatic N) is 1. The summed E-state index contributed by atoms with van der Waals surface area (Å²) in [6, 6.07) is 13.7. The van der Waals surface area contributed by atoms with Gasteiger partial charge in [0.1, 0.15) is 11.3 Å². The van der Waals surface area contributed by atoms with Crippen molar-refractivity contribution < 1.29 is 24.1 Å². The summed E-state index contributed by atoms with van der Waals surface area (Å²) >= 11 is 6.24. The first kappa shape index (κ1) is 29.3. The van der Waals surface area contributed by atoms with Crippen LogP contribution < -0.4 is 19.5 Å². The van der Waals surface area contributed by atoms with E-state index in [-0.39, 0.29) is 12.2 Å². The number of carboxylic acids is 1. The molecule has 1 fully saturated rings. The summed E-state index contributed by atoms with van der Waals surface area (Å²) in [6.45, 7) is 5.45. The first-order chi connectivity index (χ1) is 21.3. The number of aromatic nitrogens is 1. The Labute approximate surface area is 264 Å². The quantitative estimate of drug-likeness (QED) is 0.266. The molecular formula is C36H41ClN2O5. The van der Waals surface area contributed by atoms with Crippen LogP contribution in [0.5, 0.6) is 17.2 Å². The average molecular weight is 617 g/mol. The van der Waals surface area contributed by atoms with E-state index in [1.54, 1.807) is 12.1 Å². The number of rotatable bonds is 8. The van der Waals surface area contributed by atoms with E-state index in [0.717, 1.165) is 55.0 Å². The van der Waals surface area contributed by atoms with Gasteiger partial charge in [-0.3, -0.25) is 4.98 Å². The highest BCUT2D eigenvalue weighted by molar-refractivity contribution is 6.30. The van der Waals surface area contributed by atoms with Crippen LogP contribution in [0.3, 0.4) is 0 Å². The van der Waals surface area contributed by atoms with Crippen LogP contribution in [-0.4, -0.2) is 35.0 Å². The number of carbonyl (C=O) groups is 1. The number of hydrogen-bond acceptors (Lipinski definition) is 6. The van der Waals surface area contributed by atoms with Gasteiger partial charge in [-0.2, -0.15) is 0 Å². The first-order valence-electron chi connectivity index (χ1n) is 16.1. The van der Waals surface area contributed by atoms with Crippen molar-refractivity contribution in [2.75, 3.05) is 18.7 Å². The van der Waals surface area contributed by atoms with E-state index in [1.165, 1.54) is 35.2 Å². The van der Waals surface area contributed by atoms with Gasteiger partial charge in [0.15, 0.2) is 11.5 Å². The average Bonchev–Trinajstić information content (AvgIpc) is 3.58. The van der Waals surface area contributed by atoms with E-state index in [1.807, 2.05) is 24.4 Å². The topological polar surface area (TPSA) is 89.9 Å². The summed E-state index contributed by atoms with van der Waals surface area (Å²) in [4.78, 5) is 17.5. The zero-order chi connectivity index (χ0) is 30.5. The van der Waals surface area contributed by atoms with Gasteiger partial charge >= 0.3 is 5.97 Å². The predicted molar refractivity (Wildman–Crippen MR) is 170 cm³/mol. The van der Waals surface area contributed by atoms with Gasteiger partial charge in [-0.15, -0.1) is 0 Å². The monoisotopic (exact) mass is 616 g/mol. The van der Waals surface area contributed by atoms with E-state index >= 15 is 0 Å². The largest absolute Gasteiger partial charge is 0.493 e. The number of hydrogen-bond donors (Lipinski definition) is 2. The van der Waals surface area contributed by atoms with Crippen LogP contribution in [-0.2, 0) is 23.1 Å². The minimum absolute atomic E-state index is 0.135. The maximum atomic E-state index is 12.8. The third kappa shape index (κ3) is 5.17. The molecule has 0 radical (unpaired) electrons. The number of ether oxygens (including phenoxy) is 3. The summed E-state index contributed by atoms with van der Waals surface area (Å²) in [5, 5.41) is 14.5. The summed E-state index contributed by atoms with van der Waals surface area (Å²) in [5.74, 6) is 2.93. The second-order valence-corrected chi connectivity index (χ2v) is 14.0. The molecular weight excluding hydrogens is 576 g/mol. The molecule has 0 unspecified atom stereocenters. The highest BCUT2D eigenvalue weighted by atomic mass is 35.5. The Hall–Kier alpha value is -3.45. The first-order valence-corrected chi connectivity index (χ1v) is 16.4. The molecule has 1 aromatic heterocycles. The van der Waals surface area contributed by atoms with Crippen LogP contribution in [0.1, 0.15) is 87.1 Å². The van der Waals surface area contributed by atoms with Crippen LogP contribution in [0.15, 0.2) is 48.7 Å². The van der Waals surface area contributed by atoms with Crippen LogP contribution in [0, 0.1) is 11.8 Å². The molecule has 2 heterocycles. The highest BCUT2D eigenvalue weighted by Crippen LogP contribution is 2.58. The number of aliphatic carboxylic acids is 1. The molecule has 3 atom stereocenters. The highest BCUT2D eigenvalue weighted by Gasteiger charge is 2.54. The molecule has 7 rings (SSSR count). The number of nitrogens with one attached hydrogen (secondary N) is 1. The summed E-state index contributed by atoms with van der Waals surface area (Å²) in [5.41, 5.74) is 4.63. The number of fused-ring (bicyclic) bond motifs is 4. The second-order valence-electron chi connectivity index (χ2n) is 13.6. The molecule has 3 aliphatic carbocycles. The molecule has 1 saturated carbocycles. The van der Waals surface area contributed by atoms with Crippen molar-refractivity contribution in [2.45, 2.75) is 88.5 Å². The molecule has 2 N–H and O–H groups in total. The predicted octanol–water partition coefficient (Wildman–Crippen LogP) is 7.93. The lowest BCUT2D eigenvalue weighted by Gasteiger charge is -2.47. The van der Waals surface area contributed by atoms with Crippen molar-refractivity contribution in [3.63, 3.8) is 0 Å². The molecule has 3 aromatic rings. The van der Waals surface area contributed by atoms with Crippen molar-refractivity contribution in [3.8, 4) is 17.2 Å². The number of pyridine rings is 1. The van der Waals surface area contributed by atoms with Gasteiger partial charge in [0.05, 0.1) is 6.61 Å². The standard InChI is InChI=1S/C36H41ClN2O5/c1-22(20-42-30-9-14-38-29-8-3-5-23(2)33(29)30)15-25-16-24-17-31-32(44-21-43-31)19-28(24)35(25)10-12-36(13-11-35,34(40)41)39-27-7-4-6-26(37)18-27/h4,6-7,9,14,17-19,22-23,25,39H,3,5,8,10-13,15-16,20-21H2,1-2H3,(H,40,41)/t22-,23+,25+,35?,36?/m1/s1. The van der Waals surface area contributed by atoms with Crippen molar-refractivity contribution in [1.82, 2.24) is 4.98 Å². The van der Waals surface area contributed by atoms with E-state index in [9.17, 15) is 9.90 Å². The van der Waals surface area contributed by atoms with E-state index in [4.69, 9.17) is 25.8 Å². The van der Waals surface area contributed by atoms with Crippen LogP contribution >= 0.6 is 11.6 Å². The molecule has 4 aliphatic rings. The fourth-order valence-electron chi connectivity index (χ4n) is 8.50. The van der Waals surface area contributed by atoms with Crippen molar-refractivity contribution in [1.29, 1.82) is 0 Å². The van der Waals surface area contributed by atoms with Gasteiger partial charge in [0.25, 0.3) is 0 Å². The van der Waals surface area contributed by atoms with Crippen molar-refractivity contribution >= 4 is 23.3 Å². The Morgan fingerprint density at radius 3 is 2.73 bits per heavy atom. The van der Waals surface area contributed by atoms with Gasteiger partial charge in [-0.05, 0) is 128 Å². The minimum atomic E-state index is -1.05. The SMILES string of the molecule is C[C@@H](COc1ccnc2c1[C@@H](C)CCC2)C[C@H]1Cc2cc3c(cc2C12CCC(Nc1cccc(Cl)c1)(C(=O)O)CC2)OCO3. The lowest BCUT2D eigenvalue weighted by atomic mass is 9.59. The number of carboxylic acid groups (broad SMARTS) is 1. The lowest BCUT2D eigenvalue weighted by Crippen LogP contribution is -2.53. The molecule has 44 heavy (non-hydrogen) atoms. The number of benzene rings is 2. The molecule has 0 saturated heterocycles. The Morgan fingerprint density at radius 1 is 1.16 bits per heavy atom. The normalized spacial score (nSPS) is 27.4. The molecule has 2 aromatic carbocycles. The zero-order valence-electron chi connectivity index (χ0n) is 25.5. The van der Waals surface area contributed by atoms with Gasteiger partial charge in [-0.25, -0.2) is 4.79 Å².